The van der Waals surface area contributed by atoms with Crippen LogP contribution in [0.2, 0.25) is 5.02 Å². The molecule has 0 aromatic heterocycles. The summed E-state index contributed by atoms with van der Waals surface area (Å²) < 4.78 is 0. The zero-order valence-electron chi connectivity index (χ0n) is 12.4. The Morgan fingerprint density at radius 1 is 1.19 bits per heavy atom. The summed E-state index contributed by atoms with van der Waals surface area (Å²) in [7, 11) is 0. The molecule has 0 heterocycles. The van der Waals surface area contributed by atoms with Gasteiger partial charge in [-0.15, -0.1) is 0 Å². The zero-order valence-corrected chi connectivity index (χ0v) is 13.2. The van der Waals surface area contributed by atoms with Crippen molar-refractivity contribution in [3.63, 3.8) is 0 Å². The SMILES string of the molecule is Cc1cc(N)c(Cl)cc1NC(=O)c1ccc(C(C)C)cc1. The number of rotatable bonds is 3. The van der Waals surface area contributed by atoms with Crippen LogP contribution in [-0.2, 0) is 0 Å². The molecule has 0 unspecified atom stereocenters. The fraction of sp³-hybridized carbons (Fsp3) is 0.235. The van der Waals surface area contributed by atoms with Gasteiger partial charge in [-0.25, -0.2) is 0 Å². The molecule has 2 rings (SSSR count). The lowest BCUT2D eigenvalue weighted by Crippen LogP contribution is -2.13. The second kappa shape index (κ2) is 6.19. The van der Waals surface area contributed by atoms with Crippen LogP contribution in [0, 0.1) is 6.92 Å². The molecule has 110 valence electrons. The standard InChI is InChI=1S/C17H19ClN2O/c1-10(2)12-4-6-13(7-5-12)17(21)20-16-9-14(18)15(19)8-11(16)3/h4-10H,19H2,1-3H3,(H,20,21). The smallest absolute Gasteiger partial charge is 0.255 e. The number of carbonyl (C=O) groups is 1. The summed E-state index contributed by atoms with van der Waals surface area (Å²) in [6.07, 6.45) is 0. The number of carbonyl (C=O) groups excluding carboxylic acids is 1. The first-order valence-electron chi connectivity index (χ1n) is 6.85. The highest BCUT2D eigenvalue weighted by atomic mass is 35.5. The first-order chi connectivity index (χ1) is 9.88. The molecule has 0 atom stereocenters. The van der Waals surface area contributed by atoms with Gasteiger partial charge in [-0.1, -0.05) is 37.6 Å². The number of aryl methyl sites for hydroxylation is 1. The van der Waals surface area contributed by atoms with Gasteiger partial charge >= 0.3 is 0 Å². The molecule has 0 spiro atoms. The summed E-state index contributed by atoms with van der Waals surface area (Å²) in [6.45, 7) is 6.12. The number of anilines is 2. The van der Waals surface area contributed by atoms with Gasteiger partial charge in [0.2, 0.25) is 0 Å². The van der Waals surface area contributed by atoms with Crippen LogP contribution in [0.15, 0.2) is 36.4 Å². The van der Waals surface area contributed by atoms with Gasteiger partial charge in [-0.3, -0.25) is 4.79 Å². The van der Waals surface area contributed by atoms with Gasteiger partial charge in [-0.05, 0) is 48.2 Å². The molecule has 2 aromatic carbocycles. The van der Waals surface area contributed by atoms with Crippen molar-refractivity contribution in [3.8, 4) is 0 Å². The molecule has 4 heteroatoms. The van der Waals surface area contributed by atoms with Crippen molar-refractivity contribution in [1.82, 2.24) is 0 Å². The van der Waals surface area contributed by atoms with Gasteiger partial charge in [0.15, 0.2) is 0 Å². The van der Waals surface area contributed by atoms with E-state index in [-0.39, 0.29) is 5.91 Å². The van der Waals surface area contributed by atoms with Crippen LogP contribution in [0.5, 0.6) is 0 Å². The molecular weight excluding hydrogens is 284 g/mol. The predicted molar refractivity (Wildman–Crippen MR) is 89.1 cm³/mol. The van der Waals surface area contributed by atoms with Crippen LogP contribution in [0.25, 0.3) is 0 Å². The largest absolute Gasteiger partial charge is 0.398 e. The van der Waals surface area contributed by atoms with Crippen molar-refractivity contribution in [2.75, 3.05) is 11.1 Å². The third-order valence-electron chi connectivity index (χ3n) is 3.43. The normalized spacial score (nSPS) is 10.7. The van der Waals surface area contributed by atoms with Crippen molar-refractivity contribution < 1.29 is 4.79 Å². The van der Waals surface area contributed by atoms with E-state index in [0.717, 1.165) is 5.56 Å². The van der Waals surface area contributed by atoms with E-state index in [1.165, 1.54) is 5.56 Å². The van der Waals surface area contributed by atoms with E-state index in [9.17, 15) is 4.79 Å². The molecule has 1 amide bonds. The summed E-state index contributed by atoms with van der Waals surface area (Å²) in [5.74, 6) is 0.287. The molecule has 3 nitrogen and oxygen atoms in total. The van der Waals surface area contributed by atoms with Gasteiger partial charge in [0.05, 0.1) is 10.7 Å². The molecule has 0 saturated carbocycles. The van der Waals surface area contributed by atoms with Crippen molar-refractivity contribution in [2.45, 2.75) is 26.7 Å². The van der Waals surface area contributed by atoms with E-state index < -0.39 is 0 Å². The lowest BCUT2D eigenvalue weighted by Gasteiger charge is -2.11. The quantitative estimate of drug-likeness (QED) is 0.814. The van der Waals surface area contributed by atoms with Gasteiger partial charge in [0.25, 0.3) is 5.91 Å². The van der Waals surface area contributed by atoms with Crippen LogP contribution in [0.1, 0.15) is 41.3 Å². The molecule has 0 saturated heterocycles. The number of hydrogen-bond acceptors (Lipinski definition) is 2. The summed E-state index contributed by atoms with van der Waals surface area (Å²) >= 11 is 5.99. The molecule has 21 heavy (non-hydrogen) atoms. The number of nitrogens with two attached hydrogens (primary N) is 1. The maximum absolute atomic E-state index is 12.3. The molecule has 0 bridgehead atoms. The van der Waals surface area contributed by atoms with Crippen molar-refractivity contribution in [2.24, 2.45) is 0 Å². The Bertz CT molecular complexity index is 663. The third-order valence-corrected chi connectivity index (χ3v) is 3.76. The summed E-state index contributed by atoms with van der Waals surface area (Å²) in [6, 6.07) is 11.0. The van der Waals surface area contributed by atoms with Crippen molar-refractivity contribution >= 4 is 28.9 Å². The molecule has 2 aromatic rings. The number of benzene rings is 2. The fourth-order valence-electron chi connectivity index (χ4n) is 2.05. The van der Waals surface area contributed by atoms with E-state index in [1.807, 2.05) is 31.2 Å². The lowest BCUT2D eigenvalue weighted by molar-refractivity contribution is 0.102. The molecule has 0 aliphatic heterocycles. The maximum Gasteiger partial charge on any atom is 0.255 e. The van der Waals surface area contributed by atoms with E-state index in [0.29, 0.717) is 27.9 Å². The highest BCUT2D eigenvalue weighted by Gasteiger charge is 2.10. The molecule has 0 fully saturated rings. The lowest BCUT2D eigenvalue weighted by atomic mass is 10.0. The first-order valence-corrected chi connectivity index (χ1v) is 7.23. The fourth-order valence-corrected chi connectivity index (χ4v) is 2.22. The number of halogens is 1. The van der Waals surface area contributed by atoms with Crippen LogP contribution in [0.4, 0.5) is 11.4 Å². The summed E-state index contributed by atoms with van der Waals surface area (Å²) in [5, 5.41) is 3.30. The van der Waals surface area contributed by atoms with Gasteiger partial charge in [0, 0.05) is 11.3 Å². The van der Waals surface area contributed by atoms with Gasteiger partial charge in [-0.2, -0.15) is 0 Å². The minimum atomic E-state index is -0.158. The number of nitrogen functional groups attached to an aromatic ring is 1. The molecule has 0 radical (unpaired) electrons. The molecule has 0 aliphatic carbocycles. The molecule has 0 aliphatic rings. The van der Waals surface area contributed by atoms with E-state index in [4.69, 9.17) is 17.3 Å². The number of nitrogens with one attached hydrogen (secondary N) is 1. The summed E-state index contributed by atoms with van der Waals surface area (Å²) in [5.41, 5.74) is 9.62. The first kappa shape index (κ1) is 15.4. The average Bonchev–Trinajstić information content (AvgIpc) is 2.44. The average molecular weight is 303 g/mol. The van der Waals surface area contributed by atoms with Crippen LogP contribution >= 0.6 is 11.6 Å². The Morgan fingerprint density at radius 2 is 1.81 bits per heavy atom. The Labute approximate surface area is 130 Å². The Kier molecular flexibility index (Phi) is 4.53. The zero-order chi connectivity index (χ0) is 15.6. The Hall–Kier alpha value is -2.00. The van der Waals surface area contributed by atoms with Crippen LogP contribution in [-0.4, -0.2) is 5.91 Å². The Balaban J connectivity index is 2.20. The van der Waals surface area contributed by atoms with Crippen molar-refractivity contribution in [1.29, 1.82) is 0 Å². The van der Waals surface area contributed by atoms with E-state index in [1.54, 1.807) is 12.1 Å². The topological polar surface area (TPSA) is 55.1 Å². The highest BCUT2D eigenvalue weighted by molar-refractivity contribution is 6.33. The second-order valence-corrected chi connectivity index (χ2v) is 5.83. The van der Waals surface area contributed by atoms with E-state index >= 15 is 0 Å². The van der Waals surface area contributed by atoms with Gasteiger partial charge < -0.3 is 11.1 Å². The summed E-state index contributed by atoms with van der Waals surface area (Å²) in [4.78, 5) is 12.3. The maximum atomic E-state index is 12.3. The van der Waals surface area contributed by atoms with E-state index in [2.05, 4.69) is 19.2 Å². The minimum absolute atomic E-state index is 0.158. The molecular formula is C17H19ClN2O. The number of hydrogen-bond donors (Lipinski definition) is 2. The minimum Gasteiger partial charge on any atom is -0.398 e. The van der Waals surface area contributed by atoms with Crippen LogP contribution < -0.4 is 11.1 Å². The van der Waals surface area contributed by atoms with Gasteiger partial charge in [0.1, 0.15) is 0 Å². The highest BCUT2D eigenvalue weighted by Crippen LogP contribution is 2.27. The second-order valence-electron chi connectivity index (χ2n) is 5.42. The monoisotopic (exact) mass is 302 g/mol. The number of amides is 1. The predicted octanol–water partition coefficient (Wildman–Crippen LogP) is 4.61. The molecule has 3 N–H and O–H groups in total. The van der Waals surface area contributed by atoms with Crippen LogP contribution in [0.3, 0.4) is 0 Å². The van der Waals surface area contributed by atoms with Crippen molar-refractivity contribution in [3.05, 3.63) is 58.1 Å². The third kappa shape index (κ3) is 3.56. The Morgan fingerprint density at radius 3 is 2.38 bits per heavy atom.